The summed E-state index contributed by atoms with van der Waals surface area (Å²) in [6.07, 6.45) is 0. The van der Waals surface area contributed by atoms with E-state index in [0.29, 0.717) is 41.8 Å². The summed E-state index contributed by atoms with van der Waals surface area (Å²) in [4.78, 5) is 12.1. The standard InChI is InChI=1S/C15H18N4O5S/c1-9-15(10(2)19-18-9)25(21,22)16-8-14(20)17-11-3-4-12-13(7-11)24-6-5-23-12/h3-4,7,16H,5-6,8H2,1-2H3,(H,17,20)(H,18,19). The molecule has 0 unspecified atom stereocenters. The number of fused-ring (bicyclic) bond motifs is 1. The molecule has 1 amide bonds. The maximum atomic E-state index is 12.3. The van der Waals surface area contributed by atoms with Crippen LogP contribution in [0, 0.1) is 13.8 Å². The maximum Gasteiger partial charge on any atom is 0.244 e. The Kier molecular flexibility index (Phi) is 4.64. The third-order valence-electron chi connectivity index (χ3n) is 3.58. The van der Waals surface area contributed by atoms with Crippen LogP contribution in [-0.4, -0.2) is 44.3 Å². The summed E-state index contributed by atoms with van der Waals surface area (Å²) in [6, 6.07) is 4.97. The van der Waals surface area contributed by atoms with Crippen LogP contribution in [0.3, 0.4) is 0 Å². The predicted octanol–water partition coefficient (Wildman–Crippen LogP) is 0.715. The minimum atomic E-state index is -3.83. The SMILES string of the molecule is Cc1n[nH]c(C)c1S(=O)(=O)NCC(=O)Nc1ccc2c(c1)OCCO2. The lowest BCUT2D eigenvalue weighted by Gasteiger charge is -2.19. The summed E-state index contributed by atoms with van der Waals surface area (Å²) in [5.74, 6) is 0.643. The van der Waals surface area contributed by atoms with E-state index in [0.717, 1.165) is 0 Å². The number of benzene rings is 1. The van der Waals surface area contributed by atoms with Crippen molar-refractivity contribution in [3.63, 3.8) is 0 Å². The van der Waals surface area contributed by atoms with E-state index in [9.17, 15) is 13.2 Å². The Morgan fingerprint density at radius 2 is 1.96 bits per heavy atom. The average Bonchev–Trinajstić information content (AvgIpc) is 2.92. The van der Waals surface area contributed by atoms with E-state index in [4.69, 9.17) is 9.47 Å². The van der Waals surface area contributed by atoms with Crippen LogP contribution in [0.4, 0.5) is 5.69 Å². The maximum absolute atomic E-state index is 12.3. The lowest BCUT2D eigenvalue weighted by atomic mass is 10.2. The van der Waals surface area contributed by atoms with Gasteiger partial charge in [-0.25, -0.2) is 13.1 Å². The van der Waals surface area contributed by atoms with Crippen molar-refractivity contribution in [3.8, 4) is 11.5 Å². The molecule has 10 heteroatoms. The summed E-state index contributed by atoms with van der Waals surface area (Å²) in [5.41, 5.74) is 1.25. The molecule has 9 nitrogen and oxygen atoms in total. The fraction of sp³-hybridized carbons (Fsp3) is 0.333. The van der Waals surface area contributed by atoms with Crippen LogP contribution in [0.1, 0.15) is 11.4 Å². The molecule has 1 aromatic carbocycles. The van der Waals surface area contributed by atoms with Crippen molar-refractivity contribution < 1.29 is 22.7 Å². The van der Waals surface area contributed by atoms with Gasteiger partial charge in [-0.2, -0.15) is 5.10 Å². The van der Waals surface area contributed by atoms with E-state index >= 15 is 0 Å². The first-order chi connectivity index (χ1) is 11.9. The fourth-order valence-corrected chi connectivity index (χ4v) is 3.84. The largest absolute Gasteiger partial charge is 0.486 e. The molecule has 0 atom stereocenters. The van der Waals surface area contributed by atoms with Gasteiger partial charge in [-0.15, -0.1) is 0 Å². The average molecular weight is 366 g/mol. The number of hydrogen-bond donors (Lipinski definition) is 3. The monoisotopic (exact) mass is 366 g/mol. The van der Waals surface area contributed by atoms with Crippen LogP contribution in [0.2, 0.25) is 0 Å². The summed E-state index contributed by atoms with van der Waals surface area (Å²) < 4.78 is 37.7. The van der Waals surface area contributed by atoms with Gasteiger partial charge in [-0.3, -0.25) is 9.89 Å². The highest BCUT2D eigenvalue weighted by Gasteiger charge is 2.23. The van der Waals surface area contributed by atoms with Gasteiger partial charge in [-0.1, -0.05) is 0 Å². The number of anilines is 1. The van der Waals surface area contributed by atoms with Crippen molar-refractivity contribution in [1.82, 2.24) is 14.9 Å². The molecular formula is C15H18N4O5S. The van der Waals surface area contributed by atoms with Crippen LogP contribution in [0.5, 0.6) is 11.5 Å². The molecule has 0 radical (unpaired) electrons. The Morgan fingerprint density at radius 3 is 2.64 bits per heavy atom. The van der Waals surface area contributed by atoms with Gasteiger partial charge >= 0.3 is 0 Å². The van der Waals surface area contributed by atoms with Gasteiger partial charge in [0.15, 0.2) is 11.5 Å². The number of rotatable bonds is 5. The zero-order valence-electron chi connectivity index (χ0n) is 13.8. The molecule has 25 heavy (non-hydrogen) atoms. The molecule has 0 fully saturated rings. The molecule has 0 aliphatic carbocycles. The fourth-order valence-electron chi connectivity index (χ4n) is 2.50. The van der Waals surface area contributed by atoms with Gasteiger partial charge in [-0.05, 0) is 26.0 Å². The molecule has 2 heterocycles. The molecule has 1 aromatic heterocycles. The molecule has 0 saturated carbocycles. The van der Waals surface area contributed by atoms with Crippen molar-refractivity contribution in [2.45, 2.75) is 18.7 Å². The van der Waals surface area contributed by atoms with Crippen LogP contribution in [0.25, 0.3) is 0 Å². The van der Waals surface area contributed by atoms with Crippen molar-refractivity contribution in [2.75, 3.05) is 25.1 Å². The number of aromatic nitrogens is 2. The Bertz CT molecular complexity index is 887. The molecule has 2 aromatic rings. The molecule has 1 aliphatic heterocycles. The quantitative estimate of drug-likeness (QED) is 0.716. The summed E-state index contributed by atoms with van der Waals surface area (Å²) >= 11 is 0. The Labute approximate surface area is 144 Å². The molecular weight excluding hydrogens is 348 g/mol. The number of carbonyl (C=O) groups is 1. The van der Waals surface area contributed by atoms with Crippen LogP contribution in [-0.2, 0) is 14.8 Å². The molecule has 3 N–H and O–H groups in total. The first-order valence-corrected chi connectivity index (χ1v) is 9.06. The van der Waals surface area contributed by atoms with Crippen molar-refractivity contribution in [2.24, 2.45) is 0 Å². The predicted molar refractivity (Wildman–Crippen MR) is 89.3 cm³/mol. The van der Waals surface area contributed by atoms with Crippen molar-refractivity contribution in [1.29, 1.82) is 0 Å². The van der Waals surface area contributed by atoms with E-state index in [1.807, 2.05) is 0 Å². The number of nitrogens with one attached hydrogen (secondary N) is 3. The number of aromatic amines is 1. The number of aryl methyl sites for hydroxylation is 2. The van der Waals surface area contributed by atoms with Crippen molar-refractivity contribution >= 4 is 21.6 Å². The number of nitrogens with zero attached hydrogens (tertiary/aromatic N) is 1. The number of hydrogen-bond acceptors (Lipinski definition) is 6. The molecule has 1 aliphatic rings. The second-order valence-corrected chi connectivity index (χ2v) is 7.20. The van der Waals surface area contributed by atoms with Crippen molar-refractivity contribution in [3.05, 3.63) is 29.6 Å². The second kappa shape index (κ2) is 6.73. The van der Waals surface area contributed by atoms with Crippen LogP contribution >= 0.6 is 0 Å². The van der Waals surface area contributed by atoms with E-state index in [1.165, 1.54) is 0 Å². The summed E-state index contributed by atoms with van der Waals surface area (Å²) in [7, 11) is -3.83. The van der Waals surface area contributed by atoms with Crippen LogP contribution in [0.15, 0.2) is 23.1 Å². The third kappa shape index (κ3) is 3.74. The molecule has 0 spiro atoms. The zero-order chi connectivity index (χ0) is 18.0. The molecule has 3 rings (SSSR count). The Balaban J connectivity index is 1.63. The van der Waals surface area contributed by atoms with Gasteiger partial charge in [0.1, 0.15) is 18.1 Å². The lowest BCUT2D eigenvalue weighted by molar-refractivity contribution is -0.115. The smallest absolute Gasteiger partial charge is 0.244 e. The van der Waals surface area contributed by atoms with Gasteiger partial charge in [0.25, 0.3) is 0 Å². The first-order valence-electron chi connectivity index (χ1n) is 7.57. The highest BCUT2D eigenvalue weighted by atomic mass is 32.2. The Morgan fingerprint density at radius 1 is 1.24 bits per heavy atom. The lowest BCUT2D eigenvalue weighted by Crippen LogP contribution is -2.33. The van der Waals surface area contributed by atoms with Gasteiger partial charge < -0.3 is 14.8 Å². The van der Waals surface area contributed by atoms with Gasteiger partial charge in [0, 0.05) is 11.8 Å². The third-order valence-corrected chi connectivity index (χ3v) is 5.24. The first kappa shape index (κ1) is 17.2. The van der Waals surface area contributed by atoms with Crippen LogP contribution < -0.4 is 19.5 Å². The second-order valence-electron chi connectivity index (χ2n) is 5.49. The van der Waals surface area contributed by atoms with E-state index in [1.54, 1.807) is 32.0 Å². The normalized spacial score (nSPS) is 13.5. The topological polar surface area (TPSA) is 122 Å². The number of carbonyl (C=O) groups excluding carboxylic acids is 1. The van der Waals surface area contributed by atoms with E-state index in [2.05, 4.69) is 20.2 Å². The Hall–Kier alpha value is -2.59. The molecule has 0 saturated heterocycles. The minimum Gasteiger partial charge on any atom is -0.486 e. The highest BCUT2D eigenvalue weighted by Crippen LogP contribution is 2.32. The summed E-state index contributed by atoms with van der Waals surface area (Å²) in [6.45, 7) is 3.69. The molecule has 134 valence electrons. The zero-order valence-corrected chi connectivity index (χ0v) is 14.6. The number of amides is 1. The van der Waals surface area contributed by atoms with Gasteiger partial charge in [0.2, 0.25) is 15.9 Å². The number of H-pyrrole nitrogens is 1. The summed E-state index contributed by atoms with van der Waals surface area (Å²) in [5, 5.41) is 9.07. The molecule has 0 bridgehead atoms. The van der Waals surface area contributed by atoms with E-state index in [-0.39, 0.29) is 4.90 Å². The number of ether oxygens (including phenoxy) is 2. The van der Waals surface area contributed by atoms with Gasteiger partial charge in [0.05, 0.1) is 17.9 Å². The van der Waals surface area contributed by atoms with E-state index < -0.39 is 22.5 Å². The highest BCUT2D eigenvalue weighted by molar-refractivity contribution is 7.89. The minimum absolute atomic E-state index is 0.0552. The number of sulfonamides is 1.